The molecule has 0 bridgehead atoms. The number of likely N-dealkylation sites (tertiary alicyclic amines) is 1. The summed E-state index contributed by atoms with van der Waals surface area (Å²) in [5.74, 6) is 0.111. The first kappa shape index (κ1) is 10.9. The lowest BCUT2D eigenvalue weighted by atomic mass is 9.96. The quantitative estimate of drug-likeness (QED) is 0.665. The van der Waals surface area contributed by atoms with E-state index >= 15 is 0 Å². The molecule has 15 heavy (non-hydrogen) atoms. The Kier molecular flexibility index (Phi) is 3.59. The van der Waals surface area contributed by atoms with E-state index in [2.05, 4.69) is 10.2 Å². The molecular weight excluding hydrogens is 192 g/mol. The number of piperidine rings is 1. The third-order valence-corrected chi connectivity index (χ3v) is 3.61. The van der Waals surface area contributed by atoms with Crippen molar-refractivity contribution in [1.82, 2.24) is 10.2 Å². The third kappa shape index (κ3) is 2.49. The Morgan fingerprint density at radius 1 is 1.33 bits per heavy atom. The van der Waals surface area contributed by atoms with E-state index in [4.69, 9.17) is 4.74 Å². The minimum Gasteiger partial charge on any atom is -0.469 e. The Hall–Kier alpha value is -0.610. The molecule has 2 aliphatic heterocycles. The Morgan fingerprint density at radius 3 is 2.60 bits per heavy atom. The molecule has 1 atom stereocenters. The van der Waals surface area contributed by atoms with Gasteiger partial charge < -0.3 is 10.1 Å². The van der Waals surface area contributed by atoms with Gasteiger partial charge in [0.1, 0.15) is 0 Å². The van der Waals surface area contributed by atoms with Gasteiger partial charge in [-0.05, 0) is 38.9 Å². The molecule has 0 aromatic heterocycles. The van der Waals surface area contributed by atoms with Gasteiger partial charge in [0.2, 0.25) is 0 Å². The minimum absolute atomic E-state index is 0.0285. The molecule has 1 N–H and O–H groups in total. The maximum atomic E-state index is 11.3. The number of esters is 1. The number of methoxy groups -OCH3 is 1. The smallest absolute Gasteiger partial charge is 0.308 e. The third-order valence-electron chi connectivity index (χ3n) is 3.61. The predicted molar refractivity (Wildman–Crippen MR) is 57.6 cm³/mol. The molecule has 0 aromatic carbocycles. The number of carbonyl (C=O) groups excluding carboxylic acids is 1. The fourth-order valence-electron chi connectivity index (χ4n) is 2.62. The zero-order chi connectivity index (χ0) is 10.7. The lowest BCUT2D eigenvalue weighted by Crippen LogP contribution is -2.43. The van der Waals surface area contributed by atoms with Crippen molar-refractivity contribution in [1.29, 1.82) is 0 Å². The largest absolute Gasteiger partial charge is 0.469 e. The Morgan fingerprint density at radius 2 is 2.07 bits per heavy atom. The van der Waals surface area contributed by atoms with Gasteiger partial charge in [-0.3, -0.25) is 9.69 Å². The van der Waals surface area contributed by atoms with Crippen molar-refractivity contribution in [2.75, 3.05) is 33.3 Å². The summed E-state index contributed by atoms with van der Waals surface area (Å²) in [6.07, 6.45) is 3.18. The van der Waals surface area contributed by atoms with E-state index in [0.717, 1.165) is 39.0 Å². The zero-order valence-electron chi connectivity index (χ0n) is 9.37. The molecule has 2 saturated heterocycles. The maximum Gasteiger partial charge on any atom is 0.308 e. The minimum atomic E-state index is -0.0285. The Balaban J connectivity index is 1.78. The molecule has 2 aliphatic rings. The van der Waals surface area contributed by atoms with Crippen LogP contribution in [0, 0.1) is 5.92 Å². The number of ether oxygens (including phenoxy) is 1. The van der Waals surface area contributed by atoms with Gasteiger partial charge in [0.05, 0.1) is 13.0 Å². The van der Waals surface area contributed by atoms with Gasteiger partial charge in [-0.2, -0.15) is 0 Å². The zero-order valence-corrected chi connectivity index (χ0v) is 9.37. The molecule has 86 valence electrons. The number of nitrogens with zero attached hydrogens (tertiary/aromatic N) is 1. The first-order chi connectivity index (χ1) is 7.31. The molecular formula is C11H20N2O2. The fraction of sp³-hybridized carbons (Fsp3) is 0.909. The van der Waals surface area contributed by atoms with Crippen LogP contribution in [0.5, 0.6) is 0 Å². The van der Waals surface area contributed by atoms with Gasteiger partial charge in [0.25, 0.3) is 0 Å². The summed E-state index contributed by atoms with van der Waals surface area (Å²) < 4.78 is 4.78. The molecule has 2 rings (SSSR count). The normalized spacial score (nSPS) is 29.3. The van der Waals surface area contributed by atoms with E-state index < -0.39 is 0 Å². The van der Waals surface area contributed by atoms with Crippen LogP contribution in [0.2, 0.25) is 0 Å². The van der Waals surface area contributed by atoms with Gasteiger partial charge in [-0.15, -0.1) is 0 Å². The van der Waals surface area contributed by atoms with Crippen molar-refractivity contribution in [3.63, 3.8) is 0 Å². The molecule has 2 fully saturated rings. The van der Waals surface area contributed by atoms with Crippen LogP contribution < -0.4 is 5.32 Å². The van der Waals surface area contributed by atoms with Crippen molar-refractivity contribution in [3.8, 4) is 0 Å². The van der Waals surface area contributed by atoms with Crippen LogP contribution in [0.25, 0.3) is 0 Å². The van der Waals surface area contributed by atoms with Crippen LogP contribution >= 0.6 is 0 Å². The van der Waals surface area contributed by atoms with E-state index in [1.807, 2.05) is 0 Å². The van der Waals surface area contributed by atoms with E-state index in [1.54, 1.807) is 0 Å². The summed E-state index contributed by atoms with van der Waals surface area (Å²) >= 11 is 0. The number of hydrogen-bond donors (Lipinski definition) is 1. The van der Waals surface area contributed by atoms with Crippen LogP contribution in [0.4, 0.5) is 0 Å². The van der Waals surface area contributed by atoms with E-state index in [-0.39, 0.29) is 11.9 Å². The van der Waals surface area contributed by atoms with Gasteiger partial charge in [-0.25, -0.2) is 0 Å². The van der Waals surface area contributed by atoms with Gasteiger partial charge >= 0.3 is 5.97 Å². The van der Waals surface area contributed by atoms with Crippen molar-refractivity contribution < 1.29 is 9.53 Å². The van der Waals surface area contributed by atoms with Crippen molar-refractivity contribution in [3.05, 3.63) is 0 Å². The first-order valence-electron chi connectivity index (χ1n) is 5.84. The predicted octanol–water partition coefficient (Wildman–Crippen LogP) is 0.233. The summed E-state index contributed by atoms with van der Waals surface area (Å²) in [6.45, 7) is 4.35. The second-order valence-corrected chi connectivity index (χ2v) is 4.48. The first-order valence-corrected chi connectivity index (χ1v) is 5.84. The summed E-state index contributed by atoms with van der Waals surface area (Å²) in [4.78, 5) is 13.9. The van der Waals surface area contributed by atoms with Crippen molar-refractivity contribution in [2.24, 2.45) is 5.92 Å². The number of rotatable bonds is 2. The maximum absolute atomic E-state index is 11.3. The molecule has 4 nitrogen and oxygen atoms in total. The molecule has 4 heteroatoms. The van der Waals surface area contributed by atoms with Gasteiger partial charge in [0, 0.05) is 12.6 Å². The number of nitrogens with one attached hydrogen (secondary N) is 1. The summed E-state index contributed by atoms with van der Waals surface area (Å²) in [5.41, 5.74) is 0. The highest BCUT2D eigenvalue weighted by Gasteiger charge is 2.30. The van der Waals surface area contributed by atoms with Crippen LogP contribution in [0.1, 0.15) is 19.3 Å². The molecule has 2 heterocycles. The molecule has 0 amide bonds. The average molecular weight is 212 g/mol. The van der Waals surface area contributed by atoms with Crippen LogP contribution in [-0.4, -0.2) is 50.2 Å². The molecule has 0 radical (unpaired) electrons. The standard InChI is InChI=1S/C11H20N2O2/c1-15-11(14)9-3-6-13(7-4-9)10-2-5-12-8-10/h9-10,12H,2-8H2,1H3. The van der Waals surface area contributed by atoms with Crippen molar-refractivity contribution in [2.45, 2.75) is 25.3 Å². The molecule has 0 aromatic rings. The second-order valence-electron chi connectivity index (χ2n) is 4.48. The average Bonchev–Trinajstić information content (AvgIpc) is 2.82. The summed E-state index contributed by atoms with van der Waals surface area (Å²) in [7, 11) is 1.48. The van der Waals surface area contributed by atoms with E-state index in [0.29, 0.717) is 6.04 Å². The molecule has 0 aliphatic carbocycles. The van der Waals surface area contributed by atoms with E-state index in [9.17, 15) is 4.79 Å². The fourth-order valence-corrected chi connectivity index (χ4v) is 2.62. The van der Waals surface area contributed by atoms with Gasteiger partial charge in [-0.1, -0.05) is 0 Å². The number of hydrogen-bond acceptors (Lipinski definition) is 4. The Labute approximate surface area is 91.0 Å². The summed E-state index contributed by atoms with van der Waals surface area (Å²) in [6, 6.07) is 0.698. The molecule has 0 saturated carbocycles. The SMILES string of the molecule is COC(=O)C1CCN(C2CCNC2)CC1. The highest BCUT2D eigenvalue weighted by atomic mass is 16.5. The van der Waals surface area contributed by atoms with Crippen molar-refractivity contribution >= 4 is 5.97 Å². The molecule has 0 spiro atoms. The topological polar surface area (TPSA) is 41.6 Å². The van der Waals surface area contributed by atoms with Crippen LogP contribution in [-0.2, 0) is 9.53 Å². The second kappa shape index (κ2) is 4.94. The highest BCUT2D eigenvalue weighted by molar-refractivity contribution is 5.72. The molecule has 1 unspecified atom stereocenters. The summed E-state index contributed by atoms with van der Waals surface area (Å²) in [5, 5.41) is 3.38. The van der Waals surface area contributed by atoms with E-state index in [1.165, 1.54) is 13.5 Å². The lowest BCUT2D eigenvalue weighted by Gasteiger charge is -2.34. The monoisotopic (exact) mass is 212 g/mol. The lowest BCUT2D eigenvalue weighted by molar-refractivity contribution is -0.147. The number of carbonyl (C=O) groups is 1. The van der Waals surface area contributed by atoms with Crippen LogP contribution in [0.15, 0.2) is 0 Å². The highest BCUT2D eigenvalue weighted by Crippen LogP contribution is 2.21. The van der Waals surface area contributed by atoms with Crippen LogP contribution in [0.3, 0.4) is 0 Å². The van der Waals surface area contributed by atoms with Gasteiger partial charge in [0.15, 0.2) is 0 Å². The Bertz CT molecular complexity index is 219.